The van der Waals surface area contributed by atoms with Crippen LogP contribution in [0, 0.1) is 13.8 Å². The van der Waals surface area contributed by atoms with Crippen molar-refractivity contribution in [3.8, 4) is 5.75 Å². The van der Waals surface area contributed by atoms with E-state index >= 15 is 0 Å². The number of aryl methyl sites for hydroxylation is 2. The minimum atomic E-state index is -0.515. The number of nitrogens with zero attached hydrogens (tertiary/aromatic N) is 3. The Kier molecular flexibility index (Phi) is 5.73. The van der Waals surface area contributed by atoms with E-state index in [1.165, 1.54) is 0 Å². The molecule has 1 aliphatic heterocycles. The van der Waals surface area contributed by atoms with Gasteiger partial charge in [-0.1, -0.05) is 12.1 Å². The lowest BCUT2D eigenvalue weighted by Crippen LogP contribution is -2.45. The lowest BCUT2D eigenvalue weighted by Gasteiger charge is -2.34. The normalized spacial score (nSPS) is 19.8. The number of morpholine rings is 1. The van der Waals surface area contributed by atoms with Crippen molar-refractivity contribution >= 4 is 0 Å². The summed E-state index contributed by atoms with van der Waals surface area (Å²) in [5, 5.41) is 15.0. The van der Waals surface area contributed by atoms with Gasteiger partial charge in [-0.25, -0.2) is 0 Å². The van der Waals surface area contributed by atoms with E-state index in [1.807, 2.05) is 35.9 Å². The monoisotopic (exact) mass is 345 g/mol. The molecule has 0 spiro atoms. The van der Waals surface area contributed by atoms with Crippen LogP contribution in [0.3, 0.4) is 0 Å². The van der Waals surface area contributed by atoms with Crippen molar-refractivity contribution in [3.63, 3.8) is 0 Å². The summed E-state index contributed by atoms with van der Waals surface area (Å²) in [5.74, 6) is 0.798. The first kappa shape index (κ1) is 17.9. The number of β-amino-alcohol motifs (C(OH)–C–C–N with tert-alkyl or cyclic N) is 1. The van der Waals surface area contributed by atoms with Gasteiger partial charge < -0.3 is 14.6 Å². The van der Waals surface area contributed by atoms with Gasteiger partial charge in [0.05, 0.1) is 38.2 Å². The molecule has 0 radical (unpaired) electrons. The van der Waals surface area contributed by atoms with Gasteiger partial charge in [0.15, 0.2) is 0 Å². The number of hydrogen-bond donors (Lipinski definition) is 1. The fourth-order valence-electron chi connectivity index (χ4n) is 3.29. The highest BCUT2D eigenvalue weighted by Crippen LogP contribution is 2.20. The van der Waals surface area contributed by atoms with Crippen LogP contribution in [0.15, 0.2) is 30.3 Å². The zero-order valence-corrected chi connectivity index (χ0v) is 15.2. The number of aliphatic hydroxyl groups excluding tert-OH is 1. The molecule has 1 saturated heterocycles. The molecule has 1 N–H and O–H groups in total. The van der Waals surface area contributed by atoms with Crippen molar-refractivity contribution < 1.29 is 14.6 Å². The number of hydrogen-bond acceptors (Lipinski definition) is 5. The maximum Gasteiger partial charge on any atom is 0.118 e. The average molecular weight is 345 g/mol. The van der Waals surface area contributed by atoms with Crippen molar-refractivity contribution in [2.45, 2.75) is 32.6 Å². The third-order valence-electron chi connectivity index (χ3n) is 4.63. The van der Waals surface area contributed by atoms with Gasteiger partial charge in [0.1, 0.15) is 5.75 Å². The van der Waals surface area contributed by atoms with Crippen LogP contribution in [0.2, 0.25) is 0 Å². The Balaban J connectivity index is 1.56. The van der Waals surface area contributed by atoms with Gasteiger partial charge >= 0.3 is 0 Å². The summed E-state index contributed by atoms with van der Waals surface area (Å²) in [5.41, 5.74) is 3.08. The zero-order chi connectivity index (χ0) is 17.8. The van der Waals surface area contributed by atoms with Gasteiger partial charge in [-0.3, -0.25) is 9.58 Å². The van der Waals surface area contributed by atoms with Crippen molar-refractivity contribution in [2.24, 2.45) is 0 Å². The zero-order valence-electron chi connectivity index (χ0n) is 15.2. The van der Waals surface area contributed by atoms with Crippen LogP contribution in [0.5, 0.6) is 5.75 Å². The summed E-state index contributed by atoms with van der Waals surface area (Å²) >= 11 is 0. The third kappa shape index (κ3) is 4.60. The van der Waals surface area contributed by atoms with Gasteiger partial charge in [-0.2, -0.15) is 5.10 Å². The Morgan fingerprint density at radius 1 is 1.32 bits per heavy atom. The minimum absolute atomic E-state index is 0.0924. The highest BCUT2D eigenvalue weighted by molar-refractivity contribution is 5.28. The summed E-state index contributed by atoms with van der Waals surface area (Å²) < 4.78 is 13.1. The Morgan fingerprint density at radius 3 is 2.72 bits per heavy atom. The summed E-state index contributed by atoms with van der Waals surface area (Å²) in [7, 11) is 1.64. The Hall–Kier alpha value is -1.89. The second-order valence-electron chi connectivity index (χ2n) is 6.65. The van der Waals surface area contributed by atoms with Gasteiger partial charge in [-0.05, 0) is 37.6 Å². The first-order valence-corrected chi connectivity index (χ1v) is 8.72. The van der Waals surface area contributed by atoms with Crippen molar-refractivity contribution in [2.75, 3.05) is 33.4 Å². The quantitative estimate of drug-likeness (QED) is 0.867. The fraction of sp³-hybridized carbons (Fsp3) is 0.526. The van der Waals surface area contributed by atoms with E-state index < -0.39 is 6.10 Å². The van der Waals surface area contributed by atoms with Crippen LogP contribution in [-0.2, 0) is 11.3 Å². The fourth-order valence-corrected chi connectivity index (χ4v) is 3.29. The molecule has 2 unspecified atom stereocenters. The standard InChI is InChI=1S/C19H27N3O3/c1-14-10-15(2)22(20-14)12-18-11-21(8-9-25-18)13-19(23)16-4-6-17(24-3)7-5-16/h4-7,10,18-19,23H,8-9,11-13H2,1-3H3. The van der Waals surface area contributed by atoms with E-state index in [9.17, 15) is 5.11 Å². The van der Waals surface area contributed by atoms with E-state index in [4.69, 9.17) is 9.47 Å². The van der Waals surface area contributed by atoms with Gasteiger partial charge in [0, 0.05) is 25.3 Å². The molecule has 25 heavy (non-hydrogen) atoms. The summed E-state index contributed by atoms with van der Waals surface area (Å²) in [6.45, 7) is 7.72. The highest BCUT2D eigenvalue weighted by atomic mass is 16.5. The average Bonchev–Trinajstić information content (AvgIpc) is 2.92. The summed E-state index contributed by atoms with van der Waals surface area (Å²) in [6, 6.07) is 9.66. The molecule has 6 heteroatoms. The first-order chi connectivity index (χ1) is 12.0. The van der Waals surface area contributed by atoms with Crippen LogP contribution in [0.1, 0.15) is 23.1 Å². The number of methoxy groups -OCH3 is 1. The van der Waals surface area contributed by atoms with Crippen molar-refractivity contribution in [3.05, 3.63) is 47.3 Å². The Labute approximate surface area is 149 Å². The molecule has 0 aliphatic carbocycles. The SMILES string of the molecule is COc1ccc(C(O)CN2CCOC(Cn3nc(C)cc3C)C2)cc1. The predicted octanol–water partition coefficient (Wildman–Crippen LogP) is 1.94. The molecule has 2 heterocycles. The van der Waals surface area contributed by atoms with E-state index in [0.29, 0.717) is 13.2 Å². The van der Waals surface area contributed by atoms with Gasteiger partial charge in [0.2, 0.25) is 0 Å². The van der Waals surface area contributed by atoms with E-state index in [-0.39, 0.29) is 6.10 Å². The number of ether oxygens (including phenoxy) is 2. The maximum absolute atomic E-state index is 10.5. The minimum Gasteiger partial charge on any atom is -0.497 e. The van der Waals surface area contributed by atoms with Crippen molar-refractivity contribution in [1.82, 2.24) is 14.7 Å². The van der Waals surface area contributed by atoms with Crippen LogP contribution in [0.25, 0.3) is 0 Å². The number of aromatic nitrogens is 2. The smallest absolute Gasteiger partial charge is 0.118 e. The molecule has 3 rings (SSSR count). The summed E-state index contributed by atoms with van der Waals surface area (Å²) in [6.07, 6.45) is -0.423. The molecule has 1 aromatic heterocycles. The molecule has 1 aliphatic rings. The second-order valence-corrected chi connectivity index (χ2v) is 6.65. The van der Waals surface area contributed by atoms with E-state index in [2.05, 4.69) is 23.0 Å². The van der Waals surface area contributed by atoms with Crippen LogP contribution in [0.4, 0.5) is 0 Å². The topological polar surface area (TPSA) is 59.8 Å². The lowest BCUT2D eigenvalue weighted by molar-refractivity contribution is -0.0488. The van der Waals surface area contributed by atoms with Crippen molar-refractivity contribution in [1.29, 1.82) is 0 Å². The molecular formula is C19H27N3O3. The summed E-state index contributed by atoms with van der Waals surface area (Å²) in [4.78, 5) is 2.26. The highest BCUT2D eigenvalue weighted by Gasteiger charge is 2.24. The molecule has 6 nitrogen and oxygen atoms in total. The van der Waals surface area contributed by atoms with Crippen LogP contribution in [-0.4, -0.2) is 59.2 Å². The molecule has 0 amide bonds. The molecule has 1 aromatic carbocycles. The van der Waals surface area contributed by atoms with E-state index in [0.717, 1.165) is 42.3 Å². The largest absolute Gasteiger partial charge is 0.497 e. The third-order valence-corrected chi connectivity index (χ3v) is 4.63. The predicted molar refractivity (Wildman–Crippen MR) is 95.8 cm³/mol. The number of rotatable bonds is 6. The van der Waals surface area contributed by atoms with E-state index in [1.54, 1.807) is 7.11 Å². The molecule has 0 saturated carbocycles. The molecule has 0 bridgehead atoms. The maximum atomic E-state index is 10.5. The van der Waals surface area contributed by atoms with Gasteiger partial charge in [0.25, 0.3) is 0 Å². The van der Waals surface area contributed by atoms with Crippen LogP contribution >= 0.6 is 0 Å². The Morgan fingerprint density at radius 2 is 2.08 bits per heavy atom. The lowest BCUT2D eigenvalue weighted by atomic mass is 10.1. The first-order valence-electron chi connectivity index (χ1n) is 8.72. The number of benzene rings is 1. The molecule has 136 valence electrons. The second kappa shape index (κ2) is 7.99. The Bertz CT molecular complexity index is 684. The molecule has 2 atom stereocenters. The molecular weight excluding hydrogens is 318 g/mol. The molecule has 1 fully saturated rings. The van der Waals surface area contributed by atoms with Crippen LogP contribution < -0.4 is 4.74 Å². The van der Waals surface area contributed by atoms with Gasteiger partial charge in [-0.15, -0.1) is 0 Å². The molecule has 2 aromatic rings. The number of aliphatic hydroxyl groups is 1.